The number of amides is 2. The van der Waals surface area contributed by atoms with E-state index >= 15 is 0 Å². The van der Waals surface area contributed by atoms with Crippen molar-refractivity contribution in [1.82, 2.24) is 14.5 Å². The minimum Gasteiger partial charge on any atom is -0.370 e. The highest BCUT2D eigenvalue weighted by atomic mass is 32.2. The van der Waals surface area contributed by atoms with E-state index in [9.17, 15) is 9.59 Å². The average molecular weight is 439 g/mol. The zero-order valence-corrected chi connectivity index (χ0v) is 19.0. The number of thioether (sulfide) groups is 1. The molecule has 164 valence electrons. The fourth-order valence-corrected chi connectivity index (χ4v) is 4.27. The molecular formula is C24H30N4O2S. The van der Waals surface area contributed by atoms with Crippen molar-refractivity contribution in [2.45, 2.75) is 44.9 Å². The number of rotatable bonds is 11. The number of aromatic nitrogens is 2. The third-order valence-corrected chi connectivity index (χ3v) is 6.03. The van der Waals surface area contributed by atoms with Gasteiger partial charge < -0.3 is 15.2 Å². The van der Waals surface area contributed by atoms with Gasteiger partial charge in [0.05, 0.1) is 16.8 Å². The standard InChI is InChI=1S/C24H30N4O2S/c1-18(2)12-15-28-21-11-7-6-10-20(21)26-24(28)31-17-23(30)27(14-13-22(25)29)16-19-8-4-3-5-9-19/h3-11,18H,12-17H2,1-2H3,(H2,25,29). The number of hydrogen-bond donors (Lipinski definition) is 1. The Balaban J connectivity index is 1.74. The van der Waals surface area contributed by atoms with Gasteiger partial charge in [-0.05, 0) is 30.0 Å². The molecule has 0 unspecified atom stereocenters. The molecular weight excluding hydrogens is 408 g/mol. The van der Waals surface area contributed by atoms with Gasteiger partial charge in [0.25, 0.3) is 0 Å². The van der Waals surface area contributed by atoms with Crippen LogP contribution < -0.4 is 5.73 Å². The van der Waals surface area contributed by atoms with E-state index < -0.39 is 5.91 Å². The van der Waals surface area contributed by atoms with E-state index in [1.807, 2.05) is 48.5 Å². The molecule has 1 aromatic heterocycles. The van der Waals surface area contributed by atoms with Crippen LogP contribution in [0, 0.1) is 5.92 Å². The summed E-state index contributed by atoms with van der Waals surface area (Å²) in [5.41, 5.74) is 8.38. The summed E-state index contributed by atoms with van der Waals surface area (Å²) in [5, 5.41) is 0.852. The van der Waals surface area contributed by atoms with Gasteiger partial charge >= 0.3 is 0 Å². The SMILES string of the molecule is CC(C)CCn1c(SCC(=O)N(CCC(N)=O)Cc2ccccc2)nc2ccccc21. The van der Waals surface area contributed by atoms with Gasteiger partial charge in [-0.2, -0.15) is 0 Å². The van der Waals surface area contributed by atoms with Gasteiger partial charge in [-0.3, -0.25) is 9.59 Å². The minimum absolute atomic E-state index is 0.0300. The highest BCUT2D eigenvalue weighted by Gasteiger charge is 2.18. The van der Waals surface area contributed by atoms with Crippen LogP contribution in [-0.2, 0) is 22.7 Å². The number of fused-ring (bicyclic) bond motifs is 1. The zero-order chi connectivity index (χ0) is 22.2. The van der Waals surface area contributed by atoms with Gasteiger partial charge in [-0.1, -0.05) is 68.1 Å². The van der Waals surface area contributed by atoms with Gasteiger partial charge in [-0.15, -0.1) is 0 Å². The second-order valence-corrected chi connectivity index (χ2v) is 8.97. The van der Waals surface area contributed by atoms with Crippen LogP contribution >= 0.6 is 11.8 Å². The first-order chi connectivity index (χ1) is 14.9. The average Bonchev–Trinajstić information content (AvgIpc) is 3.11. The van der Waals surface area contributed by atoms with Crippen LogP contribution in [0.25, 0.3) is 11.0 Å². The van der Waals surface area contributed by atoms with Crippen LogP contribution in [0.15, 0.2) is 59.8 Å². The van der Waals surface area contributed by atoms with Crippen molar-refractivity contribution >= 4 is 34.6 Å². The third-order valence-electron chi connectivity index (χ3n) is 5.07. The number of imidazole rings is 1. The van der Waals surface area contributed by atoms with Gasteiger partial charge in [-0.25, -0.2) is 4.98 Å². The number of nitrogens with zero attached hydrogens (tertiary/aromatic N) is 3. The summed E-state index contributed by atoms with van der Waals surface area (Å²) in [6, 6.07) is 17.8. The lowest BCUT2D eigenvalue weighted by Crippen LogP contribution is -2.34. The molecule has 31 heavy (non-hydrogen) atoms. The van der Waals surface area contributed by atoms with Crippen molar-refractivity contribution in [2.24, 2.45) is 11.7 Å². The Hall–Kier alpha value is -2.80. The molecule has 2 aromatic carbocycles. The van der Waals surface area contributed by atoms with E-state index in [2.05, 4.69) is 24.5 Å². The fourth-order valence-electron chi connectivity index (χ4n) is 3.33. The van der Waals surface area contributed by atoms with Crippen LogP contribution in [0.3, 0.4) is 0 Å². The quantitative estimate of drug-likeness (QED) is 0.458. The van der Waals surface area contributed by atoms with Crippen LogP contribution in [0.2, 0.25) is 0 Å². The lowest BCUT2D eigenvalue weighted by molar-refractivity contribution is -0.129. The van der Waals surface area contributed by atoms with Crippen molar-refractivity contribution in [3.63, 3.8) is 0 Å². The predicted octanol–water partition coefficient (Wildman–Crippen LogP) is 4.08. The van der Waals surface area contributed by atoms with Crippen molar-refractivity contribution in [3.05, 3.63) is 60.2 Å². The summed E-state index contributed by atoms with van der Waals surface area (Å²) in [6.45, 7) is 6.04. The monoisotopic (exact) mass is 438 g/mol. The van der Waals surface area contributed by atoms with Crippen LogP contribution in [0.1, 0.15) is 32.3 Å². The van der Waals surface area contributed by atoms with Crippen molar-refractivity contribution in [3.8, 4) is 0 Å². The van der Waals surface area contributed by atoms with Crippen molar-refractivity contribution < 1.29 is 9.59 Å². The van der Waals surface area contributed by atoms with Gasteiger partial charge in [0.15, 0.2) is 5.16 Å². The molecule has 6 nitrogen and oxygen atoms in total. The summed E-state index contributed by atoms with van der Waals surface area (Å²) >= 11 is 1.45. The molecule has 0 aliphatic heterocycles. The van der Waals surface area contributed by atoms with Gasteiger partial charge in [0.2, 0.25) is 11.8 Å². The van der Waals surface area contributed by atoms with Gasteiger partial charge in [0, 0.05) is 26.1 Å². The van der Waals surface area contributed by atoms with E-state index in [-0.39, 0.29) is 18.1 Å². The van der Waals surface area contributed by atoms with Crippen molar-refractivity contribution in [2.75, 3.05) is 12.3 Å². The zero-order valence-electron chi connectivity index (χ0n) is 18.2. The number of nitrogens with two attached hydrogens (primary N) is 1. The Morgan fingerprint density at radius 1 is 1.10 bits per heavy atom. The normalized spacial score (nSPS) is 11.2. The Bertz CT molecular complexity index is 1020. The molecule has 0 radical (unpaired) electrons. The smallest absolute Gasteiger partial charge is 0.233 e. The van der Waals surface area contributed by atoms with E-state index in [0.717, 1.165) is 34.7 Å². The number of para-hydroxylation sites is 2. The highest BCUT2D eigenvalue weighted by Crippen LogP contribution is 2.25. The molecule has 3 rings (SSSR count). The molecule has 0 atom stereocenters. The molecule has 1 heterocycles. The number of primary amides is 1. The lowest BCUT2D eigenvalue weighted by atomic mass is 10.1. The second-order valence-electron chi connectivity index (χ2n) is 8.02. The molecule has 0 aliphatic carbocycles. The first kappa shape index (κ1) is 22.9. The second kappa shape index (κ2) is 11.0. The van der Waals surface area contributed by atoms with E-state index in [1.165, 1.54) is 11.8 Å². The Morgan fingerprint density at radius 3 is 2.52 bits per heavy atom. The maximum Gasteiger partial charge on any atom is 0.233 e. The molecule has 0 spiro atoms. The summed E-state index contributed by atoms with van der Waals surface area (Å²) in [6.07, 6.45) is 1.19. The molecule has 0 fully saturated rings. The Kier molecular flexibility index (Phi) is 8.12. The maximum atomic E-state index is 13.0. The summed E-state index contributed by atoms with van der Waals surface area (Å²) in [4.78, 5) is 30.8. The van der Waals surface area contributed by atoms with E-state index in [1.54, 1.807) is 4.90 Å². The minimum atomic E-state index is -0.408. The molecule has 0 aliphatic rings. The molecule has 2 N–H and O–H groups in total. The number of carbonyl (C=O) groups is 2. The fraction of sp³-hybridized carbons (Fsp3) is 0.375. The summed E-state index contributed by atoms with van der Waals surface area (Å²) in [7, 11) is 0. The Morgan fingerprint density at radius 2 is 1.81 bits per heavy atom. The van der Waals surface area contributed by atoms with E-state index in [0.29, 0.717) is 19.0 Å². The van der Waals surface area contributed by atoms with Crippen LogP contribution in [0.5, 0.6) is 0 Å². The molecule has 2 amide bonds. The third kappa shape index (κ3) is 6.59. The first-order valence-corrected chi connectivity index (χ1v) is 11.6. The topological polar surface area (TPSA) is 81.2 Å². The first-order valence-electron chi connectivity index (χ1n) is 10.6. The molecule has 0 saturated carbocycles. The number of benzene rings is 2. The Labute approximate surface area is 187 Å². The summed E-state index contributed by atoms with van der Waals surface area (Å²) < 4.78 is 2.21. The highest BCUT2D eigenvalue weighted by molar-refractivity contribution is 7.99. The van der Waals surface area contributed by atoms with Gasteiger partial charge in [0.1, 0.15) is 0 Å². The number of hydrogen-bond acceptors (Lipinski definition) is 4. The molecule has 7 heteroatoms. The summed E-state index contributed by atoms with van der Waals surface area (Å²) in [5.74, 6) is 0.402. The maximum absolute atomic E-state index is 13.0. The lowest BCUT2D eigenvalue weighted by Gasteiger charge is -2.22. The van der Waals surface area contributed by atoms with Crippen molar-refractivity contribution in [1.29, 1.82) is 0 Å². The molecule has 3 aromatic rings. The largest absolute Gasteiger partial charge is 0.370 e. The predicted molar refractivity (Wildman–Crippen MR) is 126 cm³/mol. The number of carbonyl (C=O) groups excluding carboxylic acids is 2. The van der Waals surface area contributed by atoms with E-state index in [4.69, 9.17) is 10.7 Å². The molecule has 0 bridgehead atoms. The number of aryl methyl sites for hydroxylation is 1. The van der Waals surface area contributed by atoms with Crippen LogP contribution in [0.4, 0.5) is 0 Å². The molecule has 0 saturated heterocycles. The van der Waals surface area contributed by atoms with Crippen LogP contribution in [-0.4, -0.2) is 38.6 Å².